The number of piperidine rings is 1. The second-order valence-electron chi connectivity index (χ2n) is 8.64. The van der Waals surface area contributed by atoms with Crippen LogP contribution >= 0.6 is 0 Å². The second kappa shape index (κ2) is 12.2. The first-order chi connectivity index (χ1) is 16.0. The highest BCUT2D eigenvalue weighted by Gasteiger charge is 2.26. The van der Waals surface area contributed by atoms with Crippen molar-refractivity contribution in [3.8, 4) is 0 Å². The zero-order valence-electron chi connectivity index (χ0n) is 19.5. The summed E-state index contributed by atoms with van der Waals surface area (Å²) in [5.41, 5.74) is 2.63. The molecule has 1 aliphatic rings. The summed E-state index contributed by atoms with van der Waals surface area (Å²) in [7, 11) is 0. The van der Waals surface area contributed by atoms with E-state index in [0.717, 1.165) is 37.8 Å². The average Bonchev–Trinajstić information content (AvgIpc) is 2.79. The summed E-state index contributed by atoms with van der Waals surface area (Å²) in [6, 6.07) is 14.5. The molecule has 0 spiro atoms. The van der Waals surface area contributed by atoms with Crippen molar-refractivity contribution in [1.29, 1.82) is 0 Å². The SMILES string of the molecule is CCCCNC(=O)C1CCCN(CC(=O)Nc2ccccc2C(=O)Nc2cccc(C)c2)C1. The third-order valence-electron chi connectivity index (χ3n) is 5.79. The molecule has 1 atom stereocenters. The molecular formula is C26H34N4O3. The number of benzene rings is 2. The number of hydrogen-bond donors (Lipinski definition) is 3. The van der Waals surface area contributed by atoms with Gasteiger partial charge >= 0.3 is 0 Å². The number of para-hydroxylation sites is 1. The highest BCUT2D eigenvalue weighted by molar-refractivity contribution is 6.10. The summed E-state index contributed by atoms with van der Waals surface area (Å²) in [4.78, 5) is 40.0. The molecular weight excluding hydrogens is 416 g/mol. The minimum absolute atomic E-state index is 0.0757. The van der Waals surface area contributed by atoms with Gasteiger partial charge in [-0.25, -0.2) is 0 Å². The van der Waals surface area contributed by atoms with Crippen molar-refractivity contribution in [3.05, 3.63) is 59.7 Å². The molecule has 33 heavy (non-hydrogen) atoms. The molecule has 1 saturated heterocycles. The predicted molar refractivity (Wildman–Crippen MR) is 131 cm³/mol. The molecule has 0 aromatic heterocycles. The Kier molecular flexibility index (Phi) is 9.01. The van der Waals surface area contributed by atoms with Gasteiger partial charge in [0, 0.05) is 18.8 Å². The van der Waals surface area contributed by atoms with Gasteiger partial charge in [-0.2, -0.15) is 0 Å². The monoisotopic (exact) mass is 450 g/mol. The molecule has 1 heterocycles. The lowest BCUT2D eigenvalue weighted by Crippen LogP contribution is -2.45. The van der Waals surface area contributed by atoms with E-state index in [1.54, 1.807) is 24.3 Å². The fourth-order valence-corrected chi connectivity index (χ4v) is 4.05. The molecule has 1 aliphatic heterocycles. The Bertz CT molecular complexity index is 976. The Morgan fingerprint density at radius 2 is 1.88 bits per heavy atom. The maximum absolute atomic E-state index is 12.8. The lowest BCUT2D eigenvalue weighted by molar-refractivity contribution is -0.127. The first-order valence-corrected chi connectivity index (χ1v) is 11.7. The van der Waals surface area contributed by atoms with E-state index in [9.17, 15) is 14.4 Å². The quantitative estimate of drug-likeness (QED) is 0.507. The average molecular weight is 451 g/mol. The van der Waals surface area contributed by atoms with Gasteiger partial charge in [-0.3, -0.25) is 19.3 Å². The number of carbonyl (C=O) groups excluding carboxylic acids is 3. The van der Waals surface area contributed by atoms with Crippen molar-refractivity contribution < 1.29 is 14.4 Å². The maximum atomic E-state index is 12.8. The van der Waals surface area contributed by atoms with E-state index < -0.39 is 0 Å². The molecule has 2 aromatic rings. The van der Waals surface area contributed by atoms with Crippen LogP contribution < -0.4 is 16.0 Å². The van der Waals surface area contributed by atoms with E-state index in [1.165, 1.54) is 0 Å². The smallest absolute Gasteiger partial charge is 0.257 e. The fraction of sp³-hybridized carbons (Fsp3) is 0.423. The van der Waals surface area contributed by atoms with Gasteiger partial charge in [0.25, 0.3) is 5.91 Å². The van der Waals surface area contributed by atoms with Crippen molar-refractivity contribution in [1.82, 2.24) is 10.2 Å². The number of unbranched alkanes of at least 4 members (excludes halogenated alkanes) is 1. The molecule has 1 unspecified atom stereocenters. The molecule has 1 fully saturated rings. The standard InChI is InChI=1S/C26H34N4O3/c1-3-4-14-27-25(32)20-10-8-15-30(17-20)18-24(31)29-23-13-6-5-12-22(23)26(33)28-21-11-7-9-19(2)16-21/h5-7,9,11-13,16,20H,3-4,8,10,14-15,17-18H2,1-2H3,(H,27,32)(H,28,33)(H,29,31). The molecule has 7 heteroatoms. The van der Waals surface area contributed by atoms with Crippen LogP contribution in [0.2, 0.25) is 0 Å². The van der Waals surface area contributed by atoms with Crippen LogP contribution in [-0.4, -0.2) is 48.8 Å². The maximum Gasteiger partial charge on any atom is 0.257 e. The van der Waals surface area contributed by atoms with Crippen LogP contribution in [0.3, 0.4) is 0 Å². The Balaban J connectivity index is 1.57. The molecule has 0 aliphatic carbocycles. The molecule has 0 saturated carbocycles. The third-order valence-corrected chi connectivity index (χ3v) is 5.79. The highest BCUT2D eigenvalue weighted by atomic mass is 16.2. The predicted octanol–water partition coefficient (Wildman–Crippen LogP) is 3.81. The number of anilines is 2. The summed E-state index contributed by atoms with van der Waals surface area (Å²) in [6.07, 6.45) is 3.75. The van der Waals surface area contributed by atoms with Crippen molar-refractivity contribution in [3.63, 3.8) is 0 Å². The van der Waals surface area contributed by atoms with Crippen LogP contribution in [0, 0.1) is 12.8 Å². The zero-order valence-corrected chi connectivity index (χ0v) is 19.5. The van der Waals surface area contributed by atoms with Crippen LogP contribution in [0.5, 0.6) is 0 Å². The van der Waals surface area contributed by atoms with Crippen LogP contribution in [0.1, 0.15) is 48.5 Å². The Morgan fingerprint density at radius 1 is 1.06 bits per heavy atom. The van der Waals surface area contributed by atoms with E-state index in [-0.39, 0.29) is 30.2 Å². The Morgan fingerprint density at radius 3 is 2.67 bits per heavy atom. The highest BCUT2D eigenvalue weighted by Crippen LogP contribution is 2.20. The van der Waals surface area contributed by atoms with Crippen molar-refractivity contribution in [2.24, 2.45) is 5.92 Å². The molecule has 2 aromatic carbocycles. The van der Waals surface area contributed by atoms with Gasteiger partial charge in [0.15, 0.2) is 0 Å². The Hall–Kier alpha value is -3.19. The number of carbonyl (C=O) groups is 3. The number of likely N-dealkylation sites (tertiary alicyclic amines) is 1. The molecule has 3 amide bonds. The molecule has 3 rings (SSSR count). The van der Waals surface area contributed by atoms with E-state index in [2.05, 4.69) is 22.9 Å². The minimum atomic E-state index is -0.279. The number of nitrogens with zero attached hydrogens (tertiary/aromatic N) is 1. The number of rotatable bonds is 9. The lowest BCUT2D eigenvalue weighted by atomic mass is 9.97. The summed E-state index contributed by atoms with van der Waals surface area (Å²) < 4.78 is 0. The Labute approximate surface area is 195 Å². The fourth-order valence-electron chi connectivity index (χ4n) is 4.05. The van der Waals surface area contributed by atoms with Gasteiger partial charge in [0.05, 0.1) is 23.7 Å². The zero-order chi connectivity index (χ0) is 23.6. The second-order valence-corrected chi connectivity index (χ2v) is 8.64. The van der Waals surface area contributed by atoms with Crippen LogP contribution in [-0.2, 0) is 9.59 Å². The topological polar surface area (TPSA) is 90.5 Å². The van der Waals surface area contributed by atoms with Crippen molar-refractivity contribution in [2.45, 2.75) is 39.5 Å². The number of hydrogen-bond acceptors (Lipinski definition) is 4. The number of amides is 3. The van der Waals surface area contributed by atoms with Crippen molar-refractivity contribution in [2.75, 3.05) is 36.8 Å². The van der Waals surface area contributed by atoms with Crippen LogP contribution in [0.4, 0.5) is 11.4 Å². The van der Waals surface area contributed by atoms with E-state index in [0.29, 0.717) is 30.0 Å². The lowest BCUT2D eigenvalue weighted by Gasteiger charge is -2.31. The van der Waals surface area contributed by atoms with E-state index >= 15 is 0 Å². The first-order valence-electron chi connectivity index (χ1n) is 11.7. The number of nitrogens with one attached hydrogen (secondary N) is 3. The van der Waals surface area contributed by atoms with Gasteiger partial charge in [-0.05, 0) is 62.6 Å². The van der Waals surface area contributed by atoms with Gasteiger partial charge in [-0.15, -0.1) is 0 Å². The molecule has 176 valence electrons. The summed E-state index contributed by atoms with van der Waals surface area (Å²) in [5.74, 6) is -0.487. The number of aryl methyl sites for hydroxylation is 1. The van der Waals surface area contributed by atoms with Gasteiger partial charge in [0.1, 0.15) is 0 Å². The molecule has 0 bridgehead atoms. The van der Waals surface area contributed by atoms with Gasteiger partial charge < -0.3 is 16.0 Å². The summed E-state index contributed by atoms with van der Waals surface area (Å²) in [5, 5.41) is 8.77. The molecule has 7 nitrogen and oxygen atoms in total. The van der Waals surface area contributed by atoms with Gasteiger partial charge in [0.2, 0.25) is 11.8 Å². The van der Waals surface area contributed by atoms with Gasteiger partial charge in [-0.1, -0.05) is 37.6 Å². The van der Waals surface area contributed by atoms with Crippen LogP contribution in [0.25, 0.3) is 0 Å². The molecule has 3 N–H and O–H groups in total. The van der Waals surface area contributed by atoms with E-state index in [1.807, 2.05) is 36.1 Å². The molecule has 0 radical (unpaired) electrons. The minimum Gasteiger partial charge on any atom is -0.356 e. The third kappa shape index (κ3) is 7.43. The van der Waals surface area contributed by atoms with E-state index in [4.69, 9.17) is 0 Å². The normalized spacial score (nSPS) is 16.1. The first kappa shape index (κ1) is 24.5. The summed E-state index contributed by atoms with van der Waals surface area (Å²) in [6.45, 7) is 6.30. The largest absolute Gasteiger partial charge is 0.356 e. The van der Waals surface area contributed by atoms with Crippen LogP contribution in [0.15, 0.2) is 48.5 Å². The summed E-state index contributed by atoms with van der Waals surface area (Å²) >= 11 is 0. The van der Waals surface area contributed by atoms with Crippen molar-refractivity contribution >= 4 is 29.1 Å².